The highest BCUT2D eigenvalue weighted by atomic mass is 32.2. The second kappa shape index (κ2) is 12.7. The molecule has 0 bridgehead atoms. The molecule has 1 atom stereocenters. The fourth-order valence-corrected chi connectivity index (χ4v) is 5.74. The zero-order valence-corrected chi connectivity index (χ0v) is 23.6. The molecule has 38 heavy (non-hydrogen) atoms. The van der Waals surface area contributed by atoms with Crippen LogP contribution in [0.25, 0.3) is 0 Å². The van der Waals surface area contributed by atoms with E-state index in [1.165, 1.54) is 4.90 Å². The highest BCUT2D eigenvalue weighted by Gasteiger charge is 2.33. The Morgan fingerprint density at radius 3 is 2.16 bits per heavy atom. The lowest BCUT2D eigenvalue weighted by molar-refractivity contribution is -0.140. The van der Waals surface area contributed by atoms with Gasteiger partial charge >= 0.3 is 0 Å². The van der Waals surface area contributed by atoms with Crippen LogP contribution in [0.15, 0.2) is 77.7 Å². The smallest absolute Gasteiger partial charge is 0.264 e. The molecule has 0 unspecified atom stereocenters. The number of rotatable bonds is 11. The summed E-state index contributed by atoms with van der Waals surface area (Å²) in [6.07, 6.45) is 0.388. The van der Waals surface area contributed by atoms with Crippen molar-refractivity contribution in [3.63, 3.8) is 0 Å². The normalized spacial score (nSPS) is 12.0. The van der Waals surface area contributed by atoms with Crippen molar-refractivity contribution >= 4 is 27.5 Å². The van der Waals surface area contributed by atoms with Crippen molar-refractivity contribution in [3.8, 4) is 0 Å². The number of nitrogens with zero attached hydrogens (tertiary/aromatic N) is 2. The van der Waals surface area contributed by atoms with Crippen LogP contribution in [0, 0.1) is 20.8 Å². The van der Waals surface area contributed by atoms with Gasteiger partial charge in [0.15, 0.2) is 0 Å². The summed E-state index contributed by atoms with van der Waals surface area (Å²) in [5, 5.41) is 2.82. The third-order valence-electron chi connectivity index (χ3n) is 6.52. The number of nitrogens with one attached hydrogen (secondary N) is 1. The number of carbonyl (C=O) groups excluding carboxylic acids is 2. The Morgan fingerprint density at radius 2 is 1.55 bits per heavy atom. The number of hydrogen-bond acceptors (Lipinski definition) is 4. The average molecular weight is 536 g/mol. The van der Waals surface area contributed by atoms with E-state index in [2.05, 4.69) is 5.32 Å². The second-order valence-electron chi connectivity index (χ2n) is 9.43. The van der Waals surface area contributed by atoms with E-state index in [1.807, 2.05) is 65.0 Å². The molecule has 2 amide bonds. The van der Waals surface area contributed by atoms with Crippen molar-refractivity contribution in [2.24, 2.45) is 0 Å². The molecule has 3 rings (SSSR count). The molecule has 1 N–H and O–H groups in total. The topological polar surface area (TPSA) is 86.8 Å². The second-order valence-corrected chi connectivity index (χ2v) is 11.3. The molecule has 0 aromatic heterocycles. The molecule has 0 aliphatic rings. The molecule has 3 aromatic carbocycles. The molecule has 0 saturated carbocycles. The molecular weight excluding hydrogens is 498 g/mol. The molecular formula is C30H37N3O4S. The predicted molar refractivity (Wildman–Crippen MR) is 151 cm³/mol. The van der Waals surface area contributed by atoms with E-state index in [4.69, 9.17) is 0 Å². The standard InChI is InChI=1S/C30H37N3O4S/c1-6-28(30(35)31-7-2)32(20-25-13-9-8-12-24(25)5)29(34)21-33(26-14-10-11-23(4)19-26)38(36,37)27-17-15-22(3)16-18-27/h8-19,28H,6-7,20-21H2,1-5H3,(H,31,35)/t28-/m0/s1. The van der Waals surface area contributed by atoms with E-state index in [0.29, 0.717) is 18.7 Å². The zero-order valence-electron chi connectivity index (χ0n) is 22.8. The van der Waals surface area contributed by atoms with Crippen LogP contribution in [0.5, 0.6) is 0 Å². The van der Waals surface area contributed by atoms with Crippen LogP contribution in [0.4, 0.5) is 5.69 Å². The highest BCUT2D eigenvalue weighted by Crippen LogP contribution is 2.26. The summed E-state index contributed by atoms with van der Waals surface area (Å²) in [7, 11) is -4.07. The van der Waals surface area contributed by atoms with Gasteiger partial charge in [-0.2, -0.15) is 0 Å². The number of amides is 2. The summed E-state index contributed by atoms with van der Waals surface area (Å²) in [5.41, 5.74) is 4.07. The Kier molecular flexibility index (Phi) is 9.69. The third kappa shape index (κ3) is 6.81. The highest BCUT2D eigenvalue weighted by molar-refractivity contribution is 7.92. The maximum absolute atomic E-state index is 14.0. The van der Waals surface area contributed by atoms with Gasteiger partial charge < -0.3 is 10.2 Å². The van der Waals surface area contributed by atoms with Crippen molar-refractivity contribution in [2.45, 2.75) is 58.5 Å². The van der Waals surface area contributed by atoms with E-state index < -0.39 is 28.5 Å². The van der Waals surface area contributed by atoms with Crippen LogP contribution in [0.2, 0.25) is 0 Å². The van der Waals surface area contributed by atoms with Gasteiger partial charge in [0.25, 0.3) is 10.0 Å². The number of hydrogen-bond donors (Lipinski definition) is 1. The molecule has 202 valence electrons. The molecule has 0 fully saturated rings. The summed E-state index contributed by atoms with van der Waals surface area (Å²) in [6.45, 7) is 9.55. The number of anilines is 1. The number of carbonyl (C=O) groups is 2. The van der Waals surface area contributed by atoms with Gasteiger partial charge in [0.05, 0.1) is 10.6 Å². The summed E-state index contributed by atoms with van der Waals surface area (Å²) >= 11 is 0. The van der Waals surface area contributed by atoms with Crippen molar-refractivity contribution in [1.82, 2.24) is 10.2 Å². The zero-order chi connectivity index (χ0) is 27.9. The lowest BCUT2D eigenvalue weighted by Crippen LogP contribution is -2.52. The van der Waals surface area contributed by atoms with E-state index in [1.54, 1.807) is 42.5 Å². The molecule has 0 aliphatic carbocycles. The van der Waals surface area contributed by atoms with Gasteiger partial charge in [0.1, 0.15) is 12.6 Å². The van der Waals surface area contributed by atoms with Crippen LogP contribution in [-0.4, -0.2) is 44.3 Å². The predicted octanol–water partition coefficient (Wildman–Crippen LogP) is 4.75. The SMILES string of the molecule is CCNC(=O)[C@H](CC)N(Cc1ccccc1C)C(=O)CN(c1cccc(C)c1)S(=O)(=O)c1ccc(C)cc1. The Hall–Kier alpha value is -3.65. The van der Waals surface area contributed by atoms with Gasteiger partial charge in [-0.3, -0.25) is 13.9 Å². The lowest BCUT2D eigenvalue weighted by Gasteiger charge is -2.33. The Labute approximate surface area is 226 Å². The first-order valence-corrected chi connectivity index (χ1v) is 14.3. The minimum atomic E-state index is -4.07. The van der Waals surface area contributed by atoms with Crippen LogP contribution in [0.1, 0.15) is 42.5 Å². The summed E-state index contributed by atoms with van der Waals surface area (Å²) in [5.74, 6) is -0.719. The minimum absolute atomic E-state index is 0.0960. The summed E-state index contributed by atoms with van der Waals surface area (Å²) in [6, 6.07) is 20.5. The largest absolute Gasteiger partial charge is 0.355 e. The van der Waals surface area contributed by atoms with E-state index in [0.717, 1.165) is 26.6 Å². The fraction of sp³-hybridized carbons (Fsp3) is 0.333. The molecule has 0 spiro atoms. The molecule has 0 saturated heterocycles. The summed E-state index contributed by atoms with van der Waals surface area (Å²) < 4.78 is 28.9. The van der Waals surface area contributed by atoms with Crippen molar-refractivity contribution in [3.05, 3.63) is 95.1 Å². The summed E-state index contributed by atoms with van der Waals surface area (Å²) in [4.78, 5) is 28.6. The van der Waals surface area contributed by atoms with Crippen molar-refractivity contribution < 1.29 is 18.0 Å². The maximum Gasteiger partial charge on any atom is 0.264 e. The molecule has 3 aromatic rings. The molecule has 0 aliphatic heterocycles. The van der Waals surface area contributed by atoms with Crippen LogP contribution < -0.4 is 9.62 Å². The van der Waals surface area contributed by atoms with E-state index in [9.17, 15) is 18.0 Å². The Morgan fingerprint density at radius 1 is 0.868 bits per heavy atom. The Balaban J connectivity index is 2.07. The van der Waals surface area contributed by atoms with Crippen molar-refractivity contribution in [2.75, 3.05) is 17.4 Å². The lowest BCUT2D eigenvalue weighted by atomic mass is 10.1. The molecule has 0 heterocycles. The molecule has 0 radical (unpaired) electrons. The van der Waals surface area contributed by atoms with E-state index in [-0.39, 0.29) is 17.3 Å². The number of benzene rings is 3. The van der Waals surface area contributed by atoms with Gasteiger partial charge in [0, 0.05) is 13.1 Å². The van der Waals surface area contributed by atoms with Gasteiger partial charge in [-0.1, -0.05) is 61.0 Å². The molecule has 8 heteroatoms. The third-order valence-corrected chi connectivity index (χ3v) is 8.30. The van der Waals surface area contributed by atoms with E-state index >= 15 is 0 Å². The first-order chi connectivity index (χ1) is 18.1. The number of aryl methyl sites for hydroxylation is 3. The van der Waals surface area contributed by atoms with Crippen LogP contribution >= 0.6 is 0 Å². The fourth-order valence-electron chi connectivity index (χ4n) is 4.33. The van der Waals surface area contributed by atoms with Gasteiger partial charge in [-0.25, -0.2) is 8.42 Å². The average Bonchev–Trinajstić information content (AvgIpc) is 2.88. The van der Waals surface area contributed by atoms with Crippen molar-refractivity contribution in [1.29, 1.82) is 0 Å². The van der Waals surface area contributed by atoms with Gasteiger partial charge in [0.2, 0.25) is 11.8 Å². The first kappa shape index (κ1) is 28.9. The van der Waals surface area contributed by atoms with Crippen LogP contribution in [-0.2, 0) is 26.2 Å². The van der Waals surface area contributed by atoms with Gasteiger partial charge in [-0.15, -0.1) is 0 Å². The maximum atomic E-state index is 14.0. The Bertz CT molecular complexity index is 1370. The first-order valence-electron chi connectivity index (χ1n) is 12.9. The number of sulfonamides is 1. The quantitative estimate of drug-likeness (QED) is 0.384. The monoisotopic (exact) mass is 535 g/mol. The van der Waals surface area contributed by atoms with Crippen LogP contribution in [0.3, 0.4) is 0 Å². The number of likely N-dealkylation sites (N-methyl/N-ethyl adjacent to an activating group) is 1. The molecule has 7 nitrogen and oxygen atoms in total. The minimum Gasteiger partial charge on any atom is -0.355 e. The van der Waals surface area contributed by atoms with Gasteiger partial charge in [-0.05, 0) is 75.1 Å².